The molecule has 12 heteroatoms. The van der Waals surface area contributed by atoms with E-state index in [1.54, 1.807) is 6.07 Å². The molecule has 1 aliphatic heterocycles. The number of halogens is 1. The summed E-state index contributed by atoms with van der Waals surface area (Å²) in [5.41, 5.74) is -0.106. The van der Waals surface area contributed by atoms with Gasteiger partial charge in [-0.25, -0.2) is 9.97 Å². The van der Waals surface area contributed by atoms with Crippen molar-refractivity contribution < 1.29 is 14.5 Å². The Labute approximate surface area is 161 Å². The molecule has 2 N–H and O–H groups in total. The molecule has 1 aromatic carbocycles. The Bertz CT molecular complexity index is 939. The fourth-order valence-electron chi connectivity index (χ4n) is 2.14. The van der Waals surface area contributed by atoms with Crippen molar-refractivity contribution in [3.63, 3.8) is 0 Å². The summed E-state index contributed by atoms with van der Waals surface area (Å²) < 4.78 is 0. The van der Waals surface area contributed by atoms with Crippen molar-refractivity contribution in [1.29, 1.82) is 0 Å². The van der Waals surface area contributed by atoms with Gasteiger partial charge in [0.1, 0.15) is 10.3 Å². The van der Waals surface area contributed by atoms with Gasteiger partial charge in [-0.15, -0.1) is 0 Å². The molecule has 0 bridgehead atoms. The normalized spacial score (nSPS) is 17.6. The van der Waals surface area contributed by atoms with Gasteiger partial charge in [0, 0.05) is 30.6 Å². The molecule has 0 saturated carbocycles. The maximum atomic E-state index is 12.2. The summed E-state index contributed by atoms with van der Waals surface area (Å²) in [6, 6.07) is 5.55. The Morgan fingerprint density at radius 2 is 2.15 bits per heavy atom. The third kappa shape index (κ3) is 4.77. The van der Waals surface area contributed by atoms with Crippen LogP contribution in [0.25, 0.3) is 0 Å². The number of nitrogens with one attached hydrogen (secondary N) is 2. The van der Waals surface area contributed by atoms with Gasteiger partial charge in [0.05, 0.1) is 4.92 Å². The number of amides is 2. The van der Waals surface area contributed by atoms with E-state index in [2.05, 4.69) is 25.6 Å². The number of aromatic nitrogens is 2. The lowest BCUT2D eigenvalue weighted by atomic mass is 10.2. The van der Waals surface area contributed by atoms with Crippen molar-refractivity contribution in [3.8, 4) is 0 Å². The number of aliphatic imine (C=N–C) groups is 1. The molecule has 2 amide bonds. The van der Waals surface area contributed by atoms with Gasteiger partial charge in [0.2, 0.25) is 11.8 Å². The van der Waals surface area contributed by atoms with Gasteiger partial charge in [-0.1, -0.05) is 23.4 Å². The summed E-state index contributed by atoms with van der Waals surface area (Å²) in [5.74, 6) is -0.651. The SMILES string of the molecule is O=C(CC1S/C(=N\c2ncccn2)NC1=O)Nc1ccc(Cl)c([N+](=O)[O-])c1. The predicted octanol–water partition coefficient (Wildman–Crippen LogP) is 2.29. The minimum Gasteiger partial charge on any atom is -0.326 e. The Morgan fingerprint density at radius 3 is 2.85 bits per heavy atom. The fourth-order valence-corrected chi connectivity index (χ4v) is 3.29. The Kier molecular flexibility index (Phi) is 5.62. The number of carbonyl (C=O) groups is 2. The van der Waals surface area contributed by atoms with E-state index in [1.807, 2.05) is 0 Å². The van der Waals surface area contributed by atoms with Crippen molar-refractivity contribution in [2.75, 3.05) is 5.32 Å². The molecule has 138 valence electrons. The first kappa shape index (κ1) is 18.7. The Balaban J connectivity index is 1.63. The summed E-state index contributed by atoms with van der Waals surface area (Å²) in [7, 11) is 0. The van der Waals surface area contributed by atoms with E-state index in [-0.39, 0.29) is 34.7 Å². The van der Waals surface area contributed by atoms with Crippen LogP contribution in [-0.4, -0.2) is 37.1 Å². The molecule has 1 aromatic heterocycles. The summed E-state index contributed by atoms with van der Waals surface area (Å²) in [4.78, 5) is 46.4. The van der Waals surface area contributed by atoms with Crippen LogP contribution < -0.4 is 10.6 Å². The van der Waals surface area contributed by atoms with E-state index < -0.39 is 16.1 Å². The topological polar surface area (TPSA) is 139 Å². The number of thioether (sulfide) groups is 1. The maximum absolute atomic E-state index is 12.2. The number of nitro groups is 1. The second-order valence-corrected chi connectivity index (χ2v) is 6.84. The largest absolute Gasteiger partial charge is 0.326 e. The third-order valence-electron chi connectivity index (χ3n) is 3.33. The van der Waals surface area contributed by atoms with E-state index in [1.165, 1.54) is 24.5 Å². The zero-order chi connectivity index (χ0) is 19.4. The van der Waals surface area contributed by atoms with Crippen LogP contribution in [-0.2, 0) is 9.59 Å². The number of anilines is 1. The van der Waals surface area contributed by atoms with Gasteiger partial charge in [-0.05, 0) is 18.2 Å². The molecular formula is C15H11ClN6O4S. The lowest BCUT2D eigenvalue weighted by Gasteiger charge is -2.07. The van der Waals surface area contributed by atoms with Crippen molar-refractivity contribution in [2.45, 2.75) is 11.7 Å². The van der Waals surface area contributed by atoms with Gasteiger partial charge in [0.25, 0.3) is 11.6 Å². The fraction of sp³-hybridized carbons (Fsp3) is 0.133. The molecule has 1 fully saturated rings. The highest BCUT2D eigenvalue weighted by molar-refractivity contribution is 8.15. The van der Waals surface area contributed by atoms with Gasteiger partial charge in [-0.2, -0.15) is 4.99 Å². The summed E-state index contributed by atoms with van der Waals surface area (Å²) in [6.45, 7) is 0. The highest BCUT2D eigenvalue weighted by Crippen LogP contribution is 2.28. The summed E-state index contributed by atoms with van der Waals surface area (Å²) in [6.07, 6.45) is 2.90. The van der Waals surface area contributed by atoms with Crippen LogP contribution in [0.3, 0.4) is 0 Å². The first-order valence-corrected chi connectivity index (χ1v) is 8.75. The highest BCUT2D eigenvalue weighted by atomic mass is 35.5. The van der Waals surface area contributed by atoms with Crippen LogP contribution in [0.5, 0.6) is 0 Å². The number of benzene rings is 1. The molecule has 0 aliphatic carbocycles. The Morgan fingerprint density at radius 1 is 1.41 bits per heavy atom. The van der Waals surface area contributed by atoms with Crippen LogP contribution in [0.2, 0.25) is 5.02 Å². The summed E-state index contributed by atoms with van der Waals surface area (Å²) >= 11 is 6.82. The standard InChI is InChI=1S/C15H11ClN6O4S/c16-9-3-2-8(6-10(9)22(25)26)19-12(23)7-11-13(24)20-15(27-11)21-14-17-4-1-5-18-14/h1-6,11H,7H2,(H,19,23)(H,17,18,20,21,24). The maximum Gasteiger partial charge on any atom is 0.289 e. The molecule has 0 spiro atoms. The lowest BCUT2D eigenvalue weighted by Crippen LogP contribution is -2.28. The second-order valence-electron chi connectivity index (χ2n) is 5.24. The van der Waals surface area contributed by atoms with E-state index in [0.29, 0.717) is 5.17 Å². The molecular weight excluding hydrogens is 396 g/mol. The number of amidine groups is 1. The first-order chi connectivity index (χ1) is 12.9. The predicted molar refractivity (Wildman–Crippen MR) is 100 cm³/mol. The minimum absolute atomic E-state index is 0.0345. The van der Waals surface area contributed by atoms with Crippen LogP contribution in [0.1, 0.15) is 6.42 Å². The lowest BCUT2D eigenvalue weighted by molar-refractivity contribution is -0.384. The van der Waals surface area contributed by atoms with Crippen molar-refractivity contribution in [3.05, 3.63) is 51.8 Å². The number of hydrogen-bond donors (Lipinski definition) is 2. The van der Waals surface area contributed by atoms with E-state index in [4.69, 9.17) is 11.6 Å². The molecule has 3 rings (SSSR count). The van der Waals surface area contributed by atoms with E-state index in [9.17, 15) is 19.7 Å². The molecule has 10 nitrogen and oxygen atoms in total. The minimum atomic E-state index is -0.685. The monoisotopic (exact) mass is 406 g/mol. The molecule has 2 heterocycles. The van der Waals surface area contributed by atoms with E-state index in [0.717, 1.165) is 17.8 Å². The molecule has 1 unspecified atom stereocenters. The van der Waals surface area contributed by atoms with Crippen molar-refractivity contribution in [2.24, 2.45) is 4.99 Å². The molecule has 27 heavy (non-hydrogen) atoms. The van der Waals surface area contributed by atoms with Crippen LogP contribution in [0, 0.1) is 10.1 Å². The van der Waals surface area contributed by atoms with Crippen molar-refractivity contribution >= 4 is 57.7 Å². The number of rotatable bonds is 5. The van der Waals surface area contributed by atoms with Gasteiger partial charge in [-0.3, -0.25) is 19.7 Å². The van der Waals surface area contributed by atoms with E-state index >= 15 is 0 Å². The summed E-state index contributed by atoms with van der Waals surface area (Å²) in [5, 5.41) is 15.6. The molecule has 2 aromatic rings. The number of carbonyl (C=O) groups excluding carboxylic acids is 2. The van der Waals surface area contributed by atoms with Gasteiger partial charge in [0.15, 0.2) is 5.17 Å². The third-order valence-corrected chi connectivity index (χ3v) is 4.73. The zero-order valence-corrected chi connectivity index (χ0v) is 15.0. The molecule has 1 aliphatic rings. The van der Waals surface area contributed by atoms with Crippen LogP contribution in [0.4, 0.5) is 17.3 Å². The Hall–Kier alpha value is -3.05. The van der Waals surface area contributed by atoms with Crippen molar-refractivity contribution in [1.82, 2.24) is 15.3 Å². The second kappa shape index (κ2) is 8.10. The smallest absolute Gasteiger partial charge is 0.289 e. The first-order valence-electron chi connectivity index (χ1n) is 7.49. The number of nitrogens with zero attached hydrogens (tertiary/aromatic N) is 4. The molecule has 1 atom stereocenters. The average molecular weight is 407 g/mol. The quantitative estimate of drug-likeness (QED) is 0.573. The van der Waals surface area contributed by atoms with Gasteiger partial charge < -0.3 is 10.6 Å². The molecule has 0 radical (unpaired) electrons. The number of nitro benzene ring substituents is 1. The zero-order valence-electron chi connectivity index (χ0n) is 13.5. The van der Waals surface area contributed by atoms with Gasteiger partial charge >= 0.3 is 0 Å². The van der Waals surface area contributed by atoms with Crippen LogP contribution in [0.15, 0.2) is 41.7 Å². The average Bonchev–Trinajstić information content (AvgIpc) is 2.96. The van der Waals surface area contributed by atoms with Crippen LogP contribution >= 0.6 is 23.4 Å². The molecule has 1 saturated heterocycles. The highest BCUT2D eigenvalue weighted by Gasteiger charge is 2.32. The number of hydrogen-bond acceptors (Lipinski definition) is 8.